The number of likely N-dealkylation sites (N-methyl/N-ethyl adjacent to an activating group) is 1. The Labute approximate surface area is 180 Å². The van der Waals surface area contributed by atoms with Crippen LogP contribution in [0, 0.1) is 5.92 Å². The van der Waals surface area contributed by atoms with Crippen molar-refractivity contribution < 1.29 is 0 Å². The lowest BCUT2D eigenvalue weighted by Gasteiger charge is -2.30. The van der Waals surface area contributed by atoms with Gasteiger partial charge in [-0.05, 0) is 70.4 Å². The minimum absolute atomic E-state index is 0. The predicted molar refractivity (Wildman–Crippen MR) is 125 cm³/mol. The highest BCUT2D eigenvalue weighted by Gasteiger charge is 2.16. The third kappa shape index (κ3) is 8.10. The number of aliphatic imine (C=N–C) groups is 1. The van der Waals surface area contributed by atoms with Crippen molar-refractivity contribution in [2.45, 2.75) is 32.2 Å². The summed E-state index contributed by atoms with van der Waals surface area (Å²) >= 11 is 1.81. The van der Waals surface area contributed by atoms with Crippen LogP contribution in [0.15, 0.2) is 22.5 Å². The summed E-state index contributed by atoms with van der Waals surface area (Å²) < 4.78 is 0. The first-order valence-electron chi connectivity index (χ1n) is 9.47. The van der Waals surface area contributed by atoms with Crippen LogP contribution in [-0.4, -0.2) is 69.6 Å². The summed E-state index contributed by atoms with van der Waals surface area (Å²) in [6, 6.07) is 4.69. The Morgan fingerprint density at radius 2 is 2.08 bits per heavy atom. The van der Waals surface area contributed by atoms with Crippen LogP contribution in [0.25, 0.3) is 0 Å². The van der Waals surface area contributed by atoms with Gasteiger partial charge in [0, 0.05) is 25.0 Å². The van der Waals surface area contributed by atoms with Gasteiger partial charge in [0.15, 0.2) is 5.96 Å². The normalized spacial score (nSPS) is 17.8. The van der Waals surface area contributed by atoms with Crippen molar-refractivity contribution in [1.82, 2.24) is 20.4 Å². The average Bonchev–Trinajstić information content (AvgIpc) is 3.12. The monoisotopic (exact) mass is 493 g/mol. The van der Waals surface area contributed by atoms with E-state index >= 15 is 0 Å². The standard InChI is InChI=1S/C19H35N5S.HI/c1-16-8-12-24(13-9-16)11-6-10-21-19(20-2)22-15-17(23(3)4)18-7-5-14-25-18;/h5,7,14,16-17H,6,8-13,15H2,1-4H3,(H2,20,21,22);1H. The first-order valence-corrected chi connectivity index (χ1v) is 10.3. The molecule has 5 nitrogen and oxygen atoms in total. The van der Waals surface area contributed by atoms with Gasteiger partial charge in [-0.3, -0.25) is 4.99 Å². The third-order valence-corrected chi connectivity index (χ3v) is 5.97. The lowest BCUT2D eigenvalue weighted by Crippen LogP contribution is -2.42. The van der Waals surface area contributed by atoms with Gasteiger partial charge in [0.25, 0.3) is 0 Å². The number of rotatable bonds is 8. The number of likely N-dealkylation sites (tertiary alicyclic amines) is 1. The molecule has 0 spiro atoms. The zero-order valence-electron chi connectivity index (χ0n) is 16.7. The molecule has 1 fully saturated rings. The van der Waals surface area contributed by atoms with Crippen molar-refractivity contribution in [2.24, 2.45) is 10.9 Å². The second kappa shape index (κ2) is 12.9. The Balaban J connectivity index is 0.00000338. The minimum atomic E-state index is 0. The summed E-state index contributed by atoms with van der Waals surface area (Å²) in [7, 11) is 6.10. The quantitative estimate of drug-likeness (QED) is 0.253. The van der Waals surface area contributed by atoms with E-state index < -0.39 is 0 Å². The third-order valence-electron chi connectivity index (χ3n) is 5.00. The van der Waals surface area contributed by atoms with Gasteiger partial charge in [-0.15, -0.1) is 35.3 Å². The number of piperidine rings is 1. The molecule has 0 radical (unpaired) electrons. The van der Waals surface area contributed by atoms with E-state index in [2.05, 4.69) is 64.0 Å². The molecule has 1 aromatic rings. The van der Waals surface area contributed by atoms with Crippen molar-refractivity contribution >= 4 is 41.3 Å². The number of nitrogens with zero attached hydrogens (tertiary/aromatic N) is 3. The van der Waals surface area contributed by atoms with Crippen LogP contribution in [0.2, 0.25) is 0 Å². The number of hydrogen-bond donors (Lipinski definition) is 2. The zero-order chi connectivity index (χ0) is 18.1. The summed E-state index contributed by atoms with van der Waals surface area (Å²) in [4.78, 5) is 10.6. The Morgan fingerprint density at radius 3 is 2.65 bits per heavy atom. The van der Waals surface area contributed by atoms with Gasteiger partial charge in [0.1, 0.15) is 0 Å². The molecule has 1 aliphatic rings. The Kier molecular flexibility index (Phi) is 11.7. The first-order chi connectivity index (χ1) is 12.1. The molecular formula is C19H36IN5S. The summed E-state index contributed by atoms with van der Waals surface area (Å²) in [5.41, 5.74) is 0. The van der Waals surface area contributed by atoms with Crippen LogP contribution in [0.1, 0.15) is 37.1 Å². The molecular weight excluding hydrogens is 457 g/mol. The maximum atomic E-state index is 4.36. The lowest BCUT2D eigenvalue weighted by molar-refractivity contribution is 0.191. The van der Waals surface area contributed by atoms with Crippen molar-refractivity contribution in [3.8, 4) is 0 Å². The van der Waals surface area contributed by atoms with Gasteiger partial charge >= 0.3 is 0 Å². The number of nitrogens with one attached hydrogen (secondary N) is 2. The van der Waals surface area contributed by atoms with E-state index in [1.807, 2.05) is 18.4 Å². The molecule has 2 rings (SSSR count). The summed E-state index contributed by atoms with van der Waals surface area (Å²) in [6.07, 6.45) is 3.87. The van der Waals surface area contributed by atoms with E-state index in [4.69, 9.17) is 0 Å². The van der Waals surface area contributed by atoms with E-state index in [1.54, 1.807) is 0 Å². The van der Waals surface area contributed by atoms with Crippen LogP contribution in [0.4, 0.5) is 0 Å². The van der Waals surface area contributed by atoms with Gasteiger partial charge < -0.3 is 20.4 Å². The predicted octanol–water partition coefficient (Wildman–Crippen LogP) is 3.26. The van der Waals surface area contributed by atoms with Crippen molar-refractivity contribution in [3.63, 3.8) is 0 Å². The molecule has 1 saturated heterocycles. The number of halogens is 1. The Bertz CT molecular complexity index is 498. The van der Waals surface area contributed by atoms with Crippen LogP contribution < -0.4 is 10.6 Å². The first kappa shape index (κ1) is 23.7. The van der Waals surface area contributed by atoms with E-state index in [9.17, 15) is 0 Å². The molecule has 150 valence electrons. The van der Waals surface area contributed by atoms with Crippen molar-refractivity contribution in [3.05, 3.63) is 22.4 Å². The van der Waals surface area contributed by atoms with Crippen molar-refractivity contribution in [1.29, 1.82) is 0 Å². The fourth-order valence-electron chi connectivity index (χ4n) is 3.23. The maximum Gasteiger partial charge on any atom is 0.191 e. The van der Waals surface area contributed by atoms with Gasteiger partial charge in [-0.2, -0.15) is 0 Å². The van der Waals surface area contributed by atoms with Crippen LogP contribution in [0.3, 0.4) is 0 Å². The molecule has 1 unspecified atom stereocenters. The molecule has 0 saturated carbocycles. The lowest BCUT2D eigenvalue weighted by atomic mass is 9.99. The Hall–Kier alpha value is -0.380. The molecule has 1 aliphatic heterocycles. The molecule has 7 heteroatoms. The maximum absolute atomic E-state index is 4.36. The smallest absolute Gasteiger partial charge is 0.191 e. The number of thiophene rings is 1. The highest BCUT2D eigenvalue weighted by molar-refractivity contribution is 14.0. The molecule has 0 aromatic carbocycles. The van der Waals surface area contributed by atoms with Crippen LogP contribution >= 0.6 is 35.3 Å². The van der Waals surface area contributed by atoms with Gasteiger partial charge in [-0.1, -0.05) is 13.0 Å². The molecule has 1 atom stereocenters. The fourth-order valence-corrected chi connectivity index (χ4v) is 4.15. The zero-order valence-corrected chi connectivity index (χ0v) is 19.8. The summed E-state index contributed by atoms with van der Waals surface area (Å²) in [5.74, 6) is 1.81. The topological polar surface area (TPSA) is 42.9 Å². The SMILES string of the molecule is CN=C(NCCCN1CCC(C)CC1)NCC(c1cccs1)N(C)C.I. The highest BCUT2D eigenvalue weighted by Crippen LogP contribution is 2.22. The fraction of sp³-hybridized carbons (Fsp3) is 0.737. The van der Waals surface area contributed by atoms with Crippen molar-refractivity contribution in [2.75, 3.05) is 53.9 Å². The molecule has 0 bridgehead atoms. The largest absolute Gasteiger partial charge is 0.356 e. The molecule has 0 amide bonds. The van der Waals surface area contributed by atoms with E-state index in [0.717, 1.165) is 31.4 Å². The van der Waals surface area contributed by atoms with Gasteiger partial charge in [0.2, 0.25) is 0 Å². The average molecular weight is 494 g/mol. The van der Waals surface area contributed by atoms with Gasteiger partial charge in [0.05, 0.1) is 6.04 Å². The number of guanidine groups is 1. The molecule has 0 aliphatic carbocycles. The molecule has 26 heavy (non-hydrogen) atoms. The highest BCUT2D eigenvalue weighted by atomic mass is 127. The van der Waals surface area contributed by atoms with Crippen LogP contribution in [-0.2, 0) is 0 Å². The summed E-state index contributed by atoms with van der Waals surface area (Å²) in [5, 5.41) is 9.07. The second-order valence-corrected chi connectivity index (χ2v) is 8.23. The molecule has 2 heterocycles. The number of hydrogen-bond acceptors (Lipinski definition) is 4. The van der Waals surface area contributed by atoms with E-state index in [0.29, 0.717) is 6.04 Å². The Morgan fingerprint density at radius 1 is 1.35 bits per heavy atom. The molecule has 2 N–H and O–H groups in total. The minimum Gasteiger partial charge on any atom is -0.356 e. The summed E-state index contributed by atoms with van der Waals surface area (Å²) in [6.45, 7) is 7.91. The van der Waals surface area contributed by atoms with E-state index in [1.165, 1.54) is 37.4 Å². The molecule has 1 aromatic heterocycles. The van der Waals surface area contributed by atoms with E-state index in [-0.39, 0.29) is 24.0 Å². The van der Waals surface area contributed by atoms with Crippen LogP contribution in [0.5, 0.6) is 0 Å². The second-order valence-electron chi connectivity index (χ2n) is 7.25. The van der Waals surface area contributed by atoms with Gasteiger partial charge in [-0.25, -0.2) is 0 Å².